The third-order valence-corrected chi connectivity index (χ3v) is 2.76. The molecule has 0 aliphatic rings. The lowest BCUT2D eigenvalue weighted by atomic mass is 10.3. The zero-order valence-corrected chi connectivity index (χ0v) is 11.0. The number of carbonyl (C=O) groups is 1. The first-order valence-corrected chi connectivity index (χ1v) is 6.11. The van der Waals surface area contributed by atoms with Crippen LogP contribution in [-0.2, 0) is 0 Å². The molecule has 2 aromatic carbocycles. The van der Waals surface area contributed by atoms with Crippen LogP contribution in [0.3, 0.4) is 0 Å². The SMILES string of the molecule is O=C(Nc1ccc(I)cc1)Oc1ccccc1. The molecule has 0 bridgehead atoms. The molecule has 0 spiro atoms. The van der Waals surface area contributed by atoms with E-state index in [0.717, 1.165) is 3.57 Å². The predicted octanol–water partition coefficient (Wildman–Crippen LogP) is 3.90. The van der Waals surface area contributed by atoms with E-state index >= 15 is 0 Å². The summed E-state index contributed by atoms with van der Waals surface area (Å²) in [5, 5.41) is 2.65. The van der Waals surface area contributed by atoms with Gasteiger partial charge in [0.25, 0.3) is 0 Å². The van der Waals surface area contributed by atoms with Crippen molar-refractivity contribution in [3.63, 3.8) is 0 Å². The van der Waals surface area contributed by atoms with E-state index in [0.29, 0.717) is 11.4 Å². The Labute approximate surface area is 113 Å². The van der Waals surface area contributed by atoms with Gasteiger partial charge in [-0.25, -0.2) is 4.79 Å². The first-order valence-electron chi connectivity index (χ1n) is 5.03. The summed E-state index contributed by atoms with van der Waals surface area (Å²) in [4.78, 5) is 11.5. The van der Waals surface area contributed by atoms with E-state index in [1.54, 1.807) is 12.1 Å². The second kappa shape index (κ2) is 5.67. The average Bonchev–Trinajstić information content (AvgIpc) is 2.33. The third kappa shape index (κ3) is 3.74. The number of para-hydroxylation sites is 1. The Balaban J connectivity index is 1.96. The van der Waals surface area contributed by atoms with Gasteiger partial charge in [0.1, 0.15) is 5.75 Å². The number of hydrogen-bond donors (Lipinski definition) is 1. The van der Waals surface area contributed by atoms with Crippen LogP contribution in [-0.4, -0.2) is 6.09 Å². The molecule has 1 N–H and O–H groups in total. The molecule has 0 aromatic heterocycles. The minimum Gasteiger partial charge on any atom is -0.410 e. The van der Waals surface area contributed by atoms with Crippen LogP contribution in [0.4, 0.5) is 10.5 Å². The fourth-order valence-electron chi connectivity index (χ4n) is 1.27. The maximum Gasteiger partial charge on any atom is 0.417 e. The van der Waals surface area contributed by atoms with Crippen molar-refractivity contribution in [2.75, 3.05) is 5.32 Å². The lowest BCUT2D eigenvalue weighted by molar-refractivity contribution is 0.215. The van der Waals surface area contributed by atoms with Gasteiger partial charge >= 0.3 is 6.09 Å². The van der Waals surface area contributed by atoms with Crippen molar-refractivity contribution in [2.45, 2.75) is 0 Å². The second-order valence-electron chi connectivity index (χ2n) is 3.33. The number of halogens is 1. The lowest BCUT2D eigenvalue weighted by Gasteiger charge is -2.06. The monoisotopic (exact) mass is 339 g/mol. The predicted molar refractivity (Wildman–Crippen MR) is 75.2 cm³/mol. The molecule has 17 heavy (non-hydrogen) atoms. The number of ether oxygens (including phenoxy) is 1. The van der Waals surface area contributed by atoms with Crippen molar-refractivity contribution in [1.29, 1.82) is 0 Å². The molecule has 0 saturated carbocycles. The highest BCUT2D eigenvalue weighted by Gasteiger charge is 2.03. The van der Waals surface area contributed by atoms with Gasteiger partial charge in [0, 0.05) is 9.26 Å². The standard InChI is InChI=1S/C13H10INO2/c14-10-6-8-11(9-7-10)15-13(16)17-12-4-2-1-3-5-12/h1-9H,(H,15,16). The quantitative estimate of drug-likeness (QED) is 0.843. The Kier molecular flexibility index (Phi) is 3.98. The van der Waals surface area contributed by atoms with E-state index in [1.807, 2.05) is 42.5 Å². The summed E-state index contributed by atoms with van der Waals surface area (Å²) < 4.78 is 6.21. The highest BCUT2D eigenvalue weighted by molar-refractivity contribution is 14.1. The minimum absolute atomic E-state index is 0.489. The molecule has 0 aliphatic heterocycles. The summed E-state index contributed by atoms with van der Waals surface area (Å²) in [6, 6.07) is 16.4. The molecule has 3 nitrogen and oxygen atoms in total. The van der Waals surface area contributed by atoms with E-state index in [9.17, 15) is 4.79 Å². The van der Waals surface area contributed by atoms with Crippen LogP contribution < -0.4 is 10.1 Å². The summed E-state index contributed by atoms with van der Waals surface area (Å²) in [5.41, 5.74) is 0.714. The summed E-state index contributed by atoms with van der Waals surface area (Å²) in [5.74, 6) is 0.524. The highest BCUT2D eigenvalue weighted by atomic mass is 127. The van der Waals surface area contributed by atoms with Gasteiger partial charge in [-0.1, -0.05) is 18.2 Å². The van der Waals surface area contributed by atoms with E-state index in [4.69, 9.17) is 4.74 Å². The molecule has 86 valence electrons. The van der Waals surface area contributed by atoms with Crippen LogP contribution in [0, 0.1) is 3.57 Å². The molecule has 0 atom stereocenters. The van der Waals surface area contributed by atoms with Crippen LogP contribution in [0.5, 0.6) is 5.75 Å². The van der Waals surface area contributed by atoms with Crippen molar-refractivity contribution in [3.05, 3.63) is 58.2 Å². The van der Waals surface area contributed by atoms with Crippen molar-refractivity contribution in [1.82, 2.24) is 0 Å². The van der Waals surface area contributed by atoms with Gasteiger partial charge in [-0.15, -0.1) is 0 Å². The van der Waals surface area contributed by atoms with Crippen molar-refractivity contribution >= 4 is 34.4 Å². The van der Waals surface area contributed by atoms with Crippen molar-refractivity contribution in [2.24, 2.45) is 0 Å². The lowest BCUT2D eigenvalue weighted by Crippen LogP contribution is -2.16. The molecule has 4 heteroatoms. The Morgan fingerprint density at radius 1 is 1.00 bits per heavy atom. The van der Waals surface area contributed by atoms with E-state index in [-0.39, 0.29) is 0 Å². The van der Waals surface area contributed by atoms with Crippen molar-refractivity contribution in [3.8, 4) is 5.75 Å². The number of benzene rings is 2. The van der Waals surface area contributed by atoms with Crippen LogP contribution in [0.1, 0.15) is 0 Å². The number of anilines is 1. The molecular formula is C13H10INO2. The molecule has 0 heterocycles. The minimum atomic E-state index is -0.489. The number of carbonyl (C=O) groups excluding carboxylic acids is 1. The van der Waals surface area contributed by atoms with E-state index < -0.39 is 6.09 Å². The number of nitrogens with one attached hydrogen (secondary N) is 1. The van der Waals surface area contributed by atoms with Gasteiger partial charge in [0.2, 0.25) is 0 Å². The third-order valence-electron chi connectivity index (χ3n) is 2.04. The Morgan fingerprint density at radius 3 is 2.29 bits per heavy atom. The average molecular weight is 339 g/mol. The second-order valence-corrected chi connectivity index (χ2v) is 4.58. The summed E-state index contributed by atoms with van der Waals surface area (Å²) in [6.07, 6.45) is -0.489. The zero-order chi connectivity index (χ0) is 12.1. The first-order chi connectivity index (χ1) is 8.24. The molecule has 2 rings (SSSR count). The maximum atomic E-state index is 11.5. The van der Waals surface area contributed by atoms with Gasteiger partial charge in [0.05, 0.1) is 0 Å². The van der Waals surface area contributed by atoms with E-state index in [2.05, 4.69) is 27.9 Å². The van der Waals surface area contributed by atoms with Gasteiger partial charge in [-0.05, 0) is 59.0 Å². The normalized spacial score (nSPS) is 9.71. The Bertz CT molecular complexity index is 497. The summed E-state index contributed by atoms with van der Waals surface area (Å²) in [7, 11) is 0. The van der Waals surface area contributed by atoms with Crippen LogP contribution in [0.25, 0.3) is 0 Å². The van der Waals surface area contributed by atoms with Gasteiger partial charge in [-0.2, -0.15) is 0 Å². The molecule has 0 unspecified atom stereocenters. The first kappa shape index (κ1) is 11.9. The van der Waals surface area contributed by atoms with Gasteiger partial charge in [-0.3, -0.25) is 5.32 Å². The molecule has 0 aliphatic carbocycles. The largest absolute Gasteiger partial charge is 0.417 e. The molecular weight excluding hydrogens is 329 g/mol. The topological polar surface area (TPSA) is 38.3 Å². The fraction of sp³-hybridized carbons (Fsp3) is 0. The maximum absolute atomic E-state index is 11.5. The molecule has 0 saturated heterocycles. The highest BCUT2D eigenvalue weighted by Crippen LogP contribution is 2.13. The van der Waals surface area contributed by atoms with Crippen LogP contribution in [0.2, 0.25) is 0 Å². The van der Waals surface area contributed by atoms with E-state index in [1.165, 1.54) is 0 Å². The number of hydrogen-bond acceptors (Lipinski definition) is 2. The Morgan fingerprint density at radius 2 is 1.65 bits per heavy atom. The van der Waals surface area contributed by atoms with Gasteiger partial charge in [0.15, 0.2) is 0 Å². The van der Waals surface area contributed by atoms with Crippen molar-refractivity contribution < 1.29 is 9.53 Å². The molecule has 2 aromatic rings. The van der Waals surface area contributed by atoms with Crippen LogP contribution in [0.15, 0.2) is 54.6 Å². The van der Waals surface area contributed by atoms with Crippen LogP contribution >= 0.6 is 22.6 Å². The smallest absolute Gasteiger partial charge is 0.410 e. The summed E-state index contributed by atoms with van der Waals surface area (Å²) in [6.45, 7) is 0. The van der Waals surface area contributed by atoms with Gasteiger partial charge < -0.3 is 4.74 Å². The Hall–Kier alpha value is -1.56. The fourth-order valence-corrected chi connectivity index (χ4v) is 1.63. The number of amides is 1. The molecule has 1 amide bonds. The zero-order valence-electron chi connectivity index (χ0n) is 8.89. The molecule has 0 radical (unpaired) electrons. The molecule has 0 fully saturated rings. The summed E-state index contributed by atoms with van der Waals surface area (Å²) >= 11 is 2.20. The number of rotatable bonds is 2.